The van der Waals surface area contributed by atoms with Crippen molar-refractivity contribution in [3.8, 4) is 0 Å². The molecule has 210 valence electrons. The molecule has 9 nitrogen and oxygen atoms in total. The summed E-state index contributed by atoms with van der Waals surface area (Å²) in [6.07, 6.45) is 0.487. The Morgan fingerprint density at radius 2 is 1.76 bits per heavy atom. The Morgan fingerprint density at radius 1 is 1.00 bits per heavy atom. The van der Waals surface area contributed by atoms with Gasteiger partial charge < -0.3 is 19.9 Å². The molecule has 0 radical (unpaired) electrons. The molecular weight excluding hydrogens is 520 g/mol. The van der Waals surface area contributed by atoms with Crippen LogP contribution in [0.5, 0.6) is 0 Å². The van der Waals surface area contributed by atoms with Gasteiger partial charge in [-0.2, -0.15) is 0 Å². The van der Waals surface area contributed by atoms with Gasteiger partial charge in [0.1, 0.15) is 12.3 Å². The Kier molecular flexibility index (Phi) is 7.96. The third-order valence-electron chi connectivity index (χ3n) is 7.58. The maximum atomic E-state index is 13.3. The number of fused-ring (bicyclic) bond motifs is 2. The SMILES string of the molecule is CCN(CC)C(=O)CC(=O)N1CCc2cc(N=C(c3ccccc3)C3C(=O)Nc4cc(C(=O)OC)ccc43)ccc21. The fourth-order valence-corrected chi connectivity index (χ4v) is 5.45. The lowest BCUT2D eigenvalue weighted by Gasteiger charge is -2.21. The van der Waals surface area contributed by atoms with Crippen LogP contribution in [-0.4, -0.2) is 61.0 Å². The van der Waals surface area contributed by atoms with E-state index in [2.05, 4.69) is 5.32 Å². The number of aliphatic imine (C=N–C) groups is 1. The van der Waals surface area contributed by atoms with Crippen molar-refractivity contribution in [1.82, 2.24) is 4.90 Å². The van der Waals surface area contributed by atoms with E-state index < -0.39 is 11.9 Å². The number of hydrogen-bond acceptors (Lipinski definition) is 6. The summed E-state index contributed by atoms with van der Waals surface area (Å²) in [5.74, 6) is -1.79. The Hall–Kier alpha value is -4.79. The first-order valence-corrected chi connectivity index (χ1v) is 13.7. The summed E-state index contributed by atoms with van der Waals surface area (Å²) >= 11 is 0. The molecule has 0 aliphatic carbocycles. The first-order chi connectivity index (χ1) is 19.8. The van der Waals surface area contributed by atoms with Crippen LogP contribution in [0.1, 0.15) is 53.2 Å². The third-order valence-corrected chi connectivity index (χ3v) is 7.58. The van der Waals surface area contributed by atoms with Crippen molar-refractivity contribution in [3.05, 3.63) is 89.0 Å². The van der Waals surface area contributed by atoms with Gasteiger partial charge in [0, 0.05) is 31.0 Å². The van der Waals surface area contributed by atoms with E-state index >= 15 is 0 Å². The highest BCUT2D eigenvalue weighted by molar-refractivity contribution is 6.24. The second-order valence-electron chi connectivity index (χ2n) is 9.93. The minimum atomic E-state index is -0.684. The molecule has 0 fully saturated rings. The van der Waals surface area contributed by atoms with Crippen molar-refractivity contribution >= 4 is 46.5 Å². The molecule has 2 aliphatic rings. The van der Waals surface area contributed by atoms with Gasteiger partial charge >= 0.3 is 5.97 Å². The molecular formula is C32H32N4O5. The van der Waals surface area contributed by atoms with E-state index in [9.17, 15) is 19.2 Å². The number of benzene rings is 3. The first kappa shape index (κ1) is 27.8. The van der Waals surface area contributed by atoms with Crippen LogP contribution in [0.3, 0.4) is 0 Å². The van der Waals surface area contributed by atoms with Crippen LogP contribution in [-0.2, 0) is 25.5 Å². The number of amides is 3. The molecule has 1 unspecified atom stereocenters. The van der Waals surface area contributed by atoms with Crippen LogP contribution < -0.4 is 10.2 Å². The summed E-state index contributed by atoms with van der Waals surface area (Å²) < 4.78 is 4.83. The zero-order valence-corrected chi connectivity index (χ0v) is 23.3. The van der Waals surface area contributed by atoms with Crippen molar-refractivity contribution in [1.29, 1.82) is 0 Å². The fraction of sp³-hybridized carbons (Fsp3) is 0.281. The average Bonchev–Trinajstić information content (AvgIpc) is 3.56. The Labute approximate surface area is 238 Å². The van der Waals surface area contributed by atoms with Gasteiger partial charge in [-0.3, -0.25) is 19.4 Å². The van der Waals surface area contributed by atoms with Gasteiger partial charge in [0.2, 0.25) is 17.7 Å². The number of rotatable bonds is 8. The van der Waals surface area contributed by atoms with Crippen LogP contribution in [0.25, 0.3) is 0 Å². The Balaban J connectivity index is 1.47. The lowest BCUT2D eigenvalue weighted by atomic mass is 9.90. The standard InChI is InChI=1S/C32H32N4O5/c1-4-35(5-2)27(37)19-28(38)36-16-15-21-17-23(12-14-26(21)36)33-30(20-9-7-6-8-10-20)29-24-13-11-22(32(40)41-3)18-25(24)34-31(29)39/h6-14,17-18,29H,4-5,15-16,19H2,1-3H3,(H,34,39). The van der Waals surface area contributed by atoms with Crippen molar-refractivity contribution in [2.45, 2.75) is 32.6 Å². The predicted molar refractivity (Wildman–Crippen MR) is 157 cm³/mol. The van der Waals surface area contributed by atoms with E-state index in [0.717, 1.165) is 22.4 Å². The van der Waals surface area contributed by atoms with Crippen LogP contribution in [0.2, 0.25) is 0 Å². The van der Waals surface area contributed by atoms with Gasteiger partial charge in [0.15, 0.2) is 0 Å². The van der Waals surface area contributed by atoms with E-state index in [4.69, 9.17) is 9.73 Å². The molecule has 2 heterocycles. The summed E-state index contributed by atoms with van der Waals surface area (Å²) in [6.45, 7) is 5.44. The minimum absolute atomic E-state index is 0.160. The molecule has 9 heteroatoms. The van der Waals surface area contributed by atoms with Gasteiger partial charge in [0.25, 0.3) is 0 Å². The second-order valence-corrected chi connectivity index (χ2v) is 9.93. The maximum Gasteiger partial charge on any atom is 0.337 e. The molecule has 3 aromatic rings. The molecule has 0 saturated heterocycles. The quantitative estimate of drug-likeness (QED) is 0.252. The van der Waals surface area contributed by atoms with E-state index in [0.29, 0.717) is 48.7 Å². The normalized spacial score (nSPS) is 15.7. The number of methoxy groups -OCH3 is 1. The van der Waals surface area contributed by atoms with E-state index in [1.54, 1.807) is 28.0 Å². The molecule has 3 aromatic carbocycles. The molecule has 0 aromatic heterocycles. The zero-order chi connectivity index (χ0) is 29.1. The van der Waals surface area contributed by atoms with Gasteiger partial charge in [0.05, 0.1) is 24.1 Å². The van der Waals surface area contributed by atoms with E-state index in [-0.39, 0.29) is 24.1 Å². The number of carbonyl (C=O) groups is 4. The largest absolute Gasteiger partial charge is 0.465 e. The molecule has 1 N–H and O–H groups in total. The Morgan fingerprint density at radius 3 is 2.46 bits per heavy atom. The number of carbonyl (C=O) groups excluding carboxylic acids is 4. The highest BCUT2D eigenvalue weighted by Gasteiger charge is 2.36. The minimum Gasteiger partial charge on any atom is -0.465 e. The molecule has 5 rings (SSSR count). The highest BCUT2D eigenvalue weighted by atomic mass is 16.5. The number of hydrogen-bond donors (Lipinski definition) is 1. The molecule has 2 aliphatic heterocycles. The number of ether oxygens (including phenoxy) is 1. The molecule has 41 heavy (non-hydrogen) atoms. The van der Waals surface area contributed by atoms with Gasteiger partial charge in [-0.15, -0.1) is 0 Å². The highest BCUT2D eigenvalue weighted by Crippen LogP contribution is 2.38. The summed E-state index contributed by atoms with van der Waals surface area (Å²) in [6, 6.07) is 20.2. The van der Waals surface area contributed by atoms with Gasteiger partial charge in [-0.25, -0.2) is 4.79 Å². The van der Waals surface area contributed by atoms with Crippen molar-refractivity contribution in [3.63, 3.8) is 0 Å². The monoisotopic (exact) mass is 552 g/mol. The number of anilines is 2. The Bertz CT molecular complexity index is 1540. The summed E-state index contributed by atoms with van der Waals surface area (Å²) in [5.41, 5.74) is 5.39. The van der Waals surface area contributed by atoms with Crippen molar-refractivity contribution in [2.24, 2.45) is 4.99 Å². The van der Waals surface area contributed by atoms with Crippen LogP contribution in [0.15, 0.2) is 71.7 Å². The average molecular weight is 553 g/mol. The van der Waals surface area contributed by atoms with Crippen LogP contribution in [0, 0.1) is 0 Å². The topological polar surface area (TPSA) is 108 Å². The lowest BCUT2D eigenvalue weighted by Crippen LogP contribution is -2.37. The maximum absolute atomic E-state index is 13.3. The lowest BCUT2D eigenvalue weighted by molar-refractivity contribution is -0.135. The van der Waals surface area contributed by atoms with Crippen molar-refractivity contribution < 1.29 is 23.9 Å². The molecule has 0 spiro atoms. The van der Waals surface area contributed by atoms with Gasteiger partial charge in [-0.1, -0.05) is 36.4 Å². The van der Waals surface area contributed by atoms with Crippen LogP contribution in [0.4, 0.5) is 17.1 Å². The fourth-order valence-electron chi connectivity index (χ4n) is 5.45. The molecule has 3 amide bonds. The first-order valence-electron chi connectivity index (χ1n) is 13.7. The summed E-state index contributed by atoms with van der Waals surface area (Å²) in [5, 5.41) is 2.89. The smallest absolute Gasteiger partial charge is 0.337 e. The summed E-state index contributed by atoms with van der Waals surface area (Å²) in [4.78, 5) is 59.1. The predicted octanol–water partition coefficient (Wildman–Crippen LogP) is 4.48. The van der Waals surface area contributed by atoms with E-state index in [1.807, 2.05) is 62.4 Å². The summed E-state index contributed by atoms with van der Waals surface area (Å²) in [7, 11) is 1.31. The second kappa shape index (κ2) is 11.8. The van der Waals surface area contributed by atoms with E-state index in [1.165, 1.54) is 7.11 Å². The number of esters is 1. The number of nitrogens with one attached hydrogen (secondary N) is 1. The number of nitrogens with zero attached hydrogens (tertiary/aromatic N) is 3. The van der Waals surface area contributed by atoms with Gasteiger partial charge in [-0.05, 0) is 67.3 Å². The third kappa shape index (κ3) is 5.48. The molecule has 0 bridgehead atoms. The molecule has 0 saturated carbocycles. The molecule has 1 atom stereocenters. The zero-order valence-electron chi connectivity index (χ0n) is 23.3. The van der Waals surface area contributed by atoms with Crippen molar-refractivity contribution in [2.75, 3.05) is 37.0 Å². The van der Waals surface area contributed by atoms with Crippen LogP contribution >= 0.6 is 0 Å².